The van der Waals surface area contributed by atoms with Crippen LogP contribution in [0, 0.1) is 0 Å². The van der Waals surface area contributed by atoms with Crippen molar-refractivity contribution in [2.24, 2.45) is 7.05 Å². The normalized spacial score (nSPS) is 12.7. The van der Waals surface area contributed by atoms with Crippen molar-refractivity contribution >= 4 is 22.6 Å². The van der Waals surface area contributed by atoms with Crippen LogP contribution in [-0.4, -0.2) is 21.6 Å². The molecule has 0 aliphatic heterocycles. The quantitative estimate of drug-likeness (QED) is 0.805. The predicted molar refractivity (Wildman–Crippen MR) is 85.5 cm³/mol. The topological polar surface area (TPSA) is 42.7 Å². The first-order valence-electron chi connectivity index (χ1n) is 6.88. The molecule has 1 N–H and O–H groups in total. The number of halogens is 1. The third-order valence-electron chi connectivity index (χ3n) is 3.72. The molecule has 0 radical (unpaired) electrons. The lowest BCUT2D eigenvalue weighted by molar-refractivity contribution is 0.552. The summed E-state index contributed by atoms with van der Waals surface area (Å²) in [6.45, 7) is 0. The van der Waals surface area contributed by atoms with Gasteiger partial charge in [0.1, 0.15) is 5.82 Å². The van der Waals surface area contributed by atoms with Gasteiger partial charge in [0.25, 0.3) is 0 Å². The number of aromatic nitrogens is 3. The van der Waals surface area contributed by atoms with Crippen LogP contribution in [-0.2, 0) is 13.5 Å². The maximum atomic E-state index is 5.90. The average molecular weight is 301 g/mol. The van der Waals surface area contributed by atoms with Crippen molar-refractivity contribution in [1.29, 1.82) is 0 Å². The number of benzene rings is 1. The van der Waals surface area contributed by atoms with Gasteiger partial charge in [-0.25, -0.2) is 4.98 Å². The van der Waals surface area contributed by atoms with Gasteiger partial charge in [0, 0.05) is 19.7 Å². The minimum Gasteiger partial charge on any atom is -0.331 e. The van der Waals surface area contributed by atoms with E-state index in [2.05, 4.69) is 20.9 Å². The van der Waals surface area contributed by atoms with Gasteiger partial charge in [-0.1, -0.05) is 23.7 Å². The van der Waals surface area contributed by atoms with Crippen molar-refractivity contribution in [1.82, 2.24) is 19.9 Å². The van der Waals surface area contributed by atoms with Crippen LogP contribution in [0.3, 0.4) is 0 Å². The van der Waals surface area contributed by atoms with Gasteiger partial charge in [0.2, 0.25) is 0 Å². The number of imidazole rings is 1. The second-order valence-electron chi connectivity index (χ2n) is 5.02. The fraction of sp³-hybridized carbons (Fsp3) is 0.250. The van der Waals surface area contributed by atoms with Crippen LogP contribution in [0.2, 0.25) is 5.02 Å². The molecule has 3 aromatic rings. The van der Waals surface area contributed by atoms with Gasteiger partial charge in [-0.2, -0.15) is 0 Å². The monoisotopic (exact) mass is 300 g/mol. The summed E-state index contributed by atoms with van der Waals surface area (Å²) in [7, 11) is 3.98. The van der Waals surface area contributed by atoms with Crippen LogP contribution < -0.4 is 5.32 Å². The van der Waals surface area contributed by atoms with E-state index in [0.29, 0.717) is 5.02 Å². The Kier molecular flexibility index (Phi) is 3.90. The summed E-state index contributed by atoms with van der Waals surface area (Å²) >= 11 is 5.90. The largest absolute Gasteiger partial charge is 0.331 e. The van der Waals surface area contributed by atoms with Gasteiger partial charge in [0.05, 0.1) is 27.8 Å². The molecule has 1 unspecified atom stereocenters. The van der Waals surface area contributed by atoms with Crippen molar-refractivity contribution in [3.63, 3.8) is 0 Å². The number of fused-ring (bicyclic) bond motifs is 1. The maximum Gasteiger partial charge on any atom is 0.111 e. The maximum absolute atomic E-state index is 5.90. The summed E-state index contributed by atoms with van der Waals surface area (Å²) < 4.78 is 2.13. The molecule has 21 heavy (non-hydrogen) atoms. The standard InChI is InChI=1S/C16H17ClN4/c1-18-14(12-8-7-11(17)10-19-12)9-16-20-13-5-3-4-6-15(13)21(16)2/h3-8,10,14,18H,9H2,1-2H3. The number of pyridine rings is 1. The van der Waals surface area contributed by atoms with Gasteiger partial charge in [0.15, 0.2) is 0 Å². The van der Waals surface area contributed by atoms with Gasteiger partial charge in [-0.3, -0.25) is 4.98 Å². The second-order valence-corrected chi connectivity index (χ2v) is 5.46. The van der Waals surface area contributed by atoms with Crippen molar-refractivity contribution in [3.05, 3.63) is 59.1 Å². The first-order chi connectivity index (χ1) is 10.2. The molecule has 0 aliphatic rings. The van der Waals surface area contributed by atoms with E-state index in [-0.39, 0.29) is 6.04 Å². The molecule has 3 rings (SSSR count). The first-order valence-corrected chi connectivity index (χ1v) is 7.26. The Morgan fingerprint density at radius 2 is 2.05 bits per heavy atom. The number of nitrogens with zero attached hydrogens (tertiary/aromatic N) is 3. The van der Waals surface area contributed by atoms with Gasteiger partial charge in [-0.05, 0) is 31.3 Å². The van der Waals surface area contributed by atoms with Crippen LogP contribution in [0.15, 0.2) is 42.6 Å². The van der Waals surface area contributed by atoms with E-state index in [4.69, 9.17) is 16.6 Å². The second kappa shape index (κ2) is 5.84. The van der Waals surface area contributed by atoms with Gasteiger partial charge >= 0.3 is 0 Å². The summed E-state index contributed by atoms with van der Waals surface area (Å²) in [5.41, 5.74) is 3.13. The first kappa shape index (κ1) is 14.0. The van der Waals surface area contributed by atoms with Crippen molar-refractivity contribution in [3.8, 4) is 0 Å². The zero-order valence-electron chi connectivity index (χ0n) is 12.0. The van der Waals surface area contributed by atoms with Crippen LogP contribution in [0.5, 0.6) is 0 Å². The van der Waals surface area contributed by atoms with Crippen LogP contribution >= 0.6 is 11.6 Å². The molecular formula is C16H17ClN4. The van der Waals surface area contributed by atoms with E-state index < -0.39 is 0 Å². The molecule has 0 saturated heterocycles. The number of aryl methyl sites for hydroxylation is 1. The number of hydrogen-bond donors (Lipinski definition) is 1. The lowest BCUT2D eigenvalue weighted by atomic mass is 10.1. The Labute approximate surface area is 128 Å². The van der Waals surface area contributed by atoms with E-state index in [1.807, 2.05) is 44.4 Å². The van der Waals surface area contributed by atoms with E-state index in [1.165, 1.54) is 0 Å². The smallest absolute Gasteiger partial charge is 0.111 e. The Balaban J connectivity index is 1.92. The molecule has 4 nitrogen and oxygen atoms in total. The summed E-state index contributed by atoms with van der Waals surface area (Å²) in [5, 5.41) is 3.95. The molecule has 0 amide bonds. The molecule has 108 valence electrons. The van der Waals surface area contributed by atoms with Crippen LogP contribution in [0.25, 0.3) is 11.0 Å². The fourth-order valence-electron chi connectivity index (χ4n) is 2.51. The molecule has 0 saturated carbocycles. The molecule has 1 atom stereocenters. The average Bonchev–Trinajstić information content (AvgIpc) is 2.83. The van der Waals surface area contributed by atoms with Crippen LogP contribution in [0.1, 0.15) is 17.6 Å². The molecule has 0 bridgehead atoms. The summed E-state index contributed by atoms with van der Waals surface area (Å²) in [4.78, 5) is 9.11. The number of nitrogens with one attached hydrogen (secondary N) is 1. The highest BCUT2D eigenvalue weighted by Crippen LogP contribution is 2.20. The molecule has 2 heterocycles. The number of hydrogen-bond acceptors (Lipinski definition) is 3. The third-order valence-corrected chi connectivity index (χ3v) is 3.95. The molecular weight excluding hydrogens is 284 g/mol. The SMILES string of the molecule is CNC(Cc1nc2ccccc2n1C)c1ccc(Cl)cn1. The minimum absolute atomic E-state index is 0.109. The number of likely N-dealkylation sites (N-methyl/N-ethyl adjacent to an activating group) is 1. The summed E-state index contributed by atoms with van der Waals surface area (Å²) in [6.07, 6.45) is 2.45. The zero-order valence-corrected chi connectivity index (χ0v) is 12.8. The highest BCUT2D eigenvalue weighted by Gasteiger charge is 2.16. The molecule has 2 aromatic heterocycles. The third kappa shape index (κ3) is 2.77. The minimum atomic E-state index is 0.109. The highest BCUT2D eigenvalue weighted by molar-refractivity contribution is 6.30. The molecule has 5 heteroatoms. The van der Waals surface area contributed by atoms with Gasteiger partial charge < -0.3 is 9.88 Å². The van der Waals surface area contributed by atoms with E-state index in [9.17, 15) is 0 Å². The summed E-state index contributed by atoms with van der Waals surface area (Å²) in [5.74, 6) is 1.03. The Morgan fingerprint density at radius 1 is 1.24 bits per heavy atom. The molecule has 0 spiro atoms. The van der Waals surface area contributed by atoms with Gasteiger partial charge in [-0.15, -0.1) is 0 Å². The Morgan fingerprint density at radius 3 is 2.71 bits per heavy atom. The predicted octanol–water partition coefficient (Wildman–Crippen LogP) is 3.12. The summed E-state index contributed by atoms with van der Waals surface area (Å²) in [6, 6.07) is 12.1. The Hall–Kier alpha value is -1.91. The van der Waals surface area contributed by atoms with Crippen molar-refractivity contribution in [2.75, 3.05) is 7.05 Å². The fourth-order valence-corrected chi connectivity index (χ4v) is 2.62. The number of para-hydroxylation sites is 2. The number of rotatable bonds is 4. The Bertz CT molecular complexity index is 749. The molecule has 0 fully saturated rings. The van der Waals surface area contributed by atoms with E-state index in [1.54, 1.807) is 6.20 Å². The molecule has 0 aliphatic carbocycles. The lowest BCUT2D eigenvalue weighted by Gasteiger charge is -2.15. The van der Waals surface area contributed by atoms with Crippen molar-refractivity contribution in [2.45, 2.75) is 12.5 Å². The van der Waals surface area contributed by atoms with Crippen molar-refractivity contribution < 1.29 is 0 Å². The highest BCUT2D eigenvalue weighted by atomic mass is 35.5. The van der Waals surface area contributed by atoms with Crippen LogP contribution in [0.4, 0.5) is 0 Å². The lowest BCUT2D eigenvalue weighted by Crippen LogP contribution is -2.21. The zero-order chi connectivity index (χ0) is 14.8. The van der Waals surface area contributed by atoms with E-state index in [0.717, 1.165) is 29.0 Å². The van der Waals surface area contributed by atoms with E-state index >= 15 is 0 Å². The molecule has 1 aromatic carbocycles.